The minimum absolute atomic E-state index is 0.202. The summed E-state index contributed by atoms with van der Waals surface area (Å²) in [5.41, 5.74) is 8.53. The fourth-order valence-electron chi connectivity index (χ4n) is 5.99. The first kappa shape index (κ1) is 32.4. The number of amides is 1. The van der Waals surface area contributed by atoms with E-state index in [1.54, 1.807) is 0 Å². The van der Waals surface area contributed by atoms with Crippen molar-refractivity contribution in [2.45, 2.75) is 112 Å². The molecule has 2 heterocycles. The molecule has 1 aliphatic carbocycles. The first-order chi connectivity index (χ1) is 19.6. The van der Waals surface area contributed by atoms with Crippen molar-refractivity contribution in [1.82, 2.24) is 14.5 Å². The fraction of sp³-hybridized carbons (Fsp3) is 0.571. The Hall–Kier alpha value is -3.15. The second-order valence-corrected chi connectivity index (χ2v) is 12.1. The lowest BCUT2D eigenvalue weighted by molar-refractivity contribution is 0.0178. The number of piperidine rings is 1. The second-order valence-electron chi connectivity index (χ2n) is 12.1. The minimum atomic E-state index is -0.480. The van der Waals surface area contributed by atoms with Crippen molar-refractivity contribution in [1.29, 1.82) is 0 Å². The van der Waals surface area contributed by atoms with E-state index in [-0.39, 0.29) is 12.0 Å². The molecular formula is C35H52N4O2. The highest BCUT2D eigenvalue weighted by atomic mass is 16.6. The number of allylic oxidation sites excluding steroid dienone is 4. The van der Waals surface area contributed by atoms with Crippen molar-refractivity contribution in [2.75, 3.05) is 13.1 Å². The van der Waals surface area contributed by atoms with Gasteiger partial charge in [0.15, 0.2) is 0 Å². The number of aromatic nitrogens is 2. The normalized spacial score (nSPS) is 18.0. The number of aryl methyl sites for hydroxylation is 3. The van der Waals surface area contributed by atoms with Gasteiger partial charge in [-0.2, -0.15) is 0 Å². The first-order valence-electron chi connectivity index (χ1n) is 15.6. The van der Waals surface area contributed by atoms with Crippen molar-refractivity contribution in [2.24, 2.45) is 10.9 Å². The van der Waals surface area contributed by atoms with Gasteiger partial charge in [0.05, 0.1) is 17.7 Å². The number of nitrogens with zero attached hydrogens (tertiary/aromatic N) is 4. The fourth-order valence-corrected chi connectivity index (χ4v) is 5.99. The molecule has 224 valence electrons. The average molecular weight is 561 g/mol. The average Bonchev–Trinajstić information content (AvgIpc) is 3.31. The van der Waals surface area contributed by atoms with E-state index < -0.39 is 5.60 Å². The van der Waals surface area contributed by atoms with Gasteiger partial charge in [-0.1, -0.05) is 50.6 Å². The van der Waals surface area contributed by atoms with E-state index in [4.69, 9.17) is 9.73 Å². The molecule has 0 bridgehead atoms. The van der Waals surface area contributed by atoms with Crippen LogP contribution in [-0.4, -0.2) is 45.4 Å². The van der Waals surface area contributed by atoms with Crippen LogP contribution in [0.15, 0.2) is 53.1 Å². The lowest BCUT2D eigenvalue weighted by Gasteiger charge is -2.37. The van der Waals surface area contributed by atoms with Crippen molar-refractivity contribution >= 4 is 17.9 Å². The molecule has 6 heteroatoms. The van der Waals surface area contributed by atoms with Crippen LogP contribution in [0.3, 0.4) is 0 Å². The predicted octanol–water partition coefficient (Wildman–Crippen LogP) is 8.89. The molecule has 1 amide bonds. The summed E-state index contributed by atoms with van der Waals surface area (Å²) in [5, 5.41) is 0. The number of hydrogen-bond donors (Lipinski definition) is 0. The maximum absolute atomic E-state index is 12.8. The molecule has 1 saturated heterocycles. The summed E-state index contributed by atoms with van der Waals surface area (Å²) < 4.78 is 7.86. The molecule has 41 heavy (non-hydrogen) atoms. The van der Waals surface area contributed by atoms with Gasteiger partial charge in [-0.25, -0.2) is 9.78 Å². The third-order valence-electron chi connectivity index (χ3n) is 7.80. The molecule has 0 N–H and O–H groups in total. The number of benzene rings is 1. The lowest BCUT2D eigenvalue weighted by atomic mass is 9.75. The van der Waals surface area contributed by atoms with Gasteiger partial charge in [-0.3, -0.25) is 4.99 Å². The Bertz CT molecular complexity index is 1250. The summed E-state index contributed by atoms with van der Waals surface area (Å²) in [6.45, 7) is 20.6. The van der Waals surface area contributed by atoms with Crippen molar-refractivity contribution < 1.29 is 9.53 Å². The van der Waals surface area contributed by atoms with E-state index >= 15 is 0 Å². The number of rotatable bonds is 7. The van der Waals surface area contributed by atoms with Gasteiger partial charge in [0, 0.05) is 38.0 Å². The summed E-state index contributed by atoms with van der Waals surface area (Å²) in [6.07, 6.45) is 13.1. The third kappa shape index (κ3) is 8.43. The zero-order valence-electron chi connectivity index (χ0n) is 27.0. The smallest absolute Gasteiger partial charge is 0.410 e. The zero-order chi connectivity index (χ0) is 30.2. The number of fused-ring (bicyclic) bond motifs is 1. The van der Waals surface area contributed by atoms with Crippen LogP contribution in [-0.2, 0) is 11.3 Å². The van der Waals surface area contributed by atoms with E-state index in [0.717, 1.165) is 44.3 Å². The monoisotopic (exact) mass is 560 g/mol. The van der Waals surface area contributed by atoms with Gasteiger partial charge in [-0.15, -0.1) is 0 Å². The minimum Gasteiger partial charge on any atom is -0.444 e. The van der Waals surface area contributed by atoms with E-state index in [1.807, 2.05) is 65.9 Å². The quantitative estimate of drug-likeness (QED) is 0.318. The molecule has 1 unspecified atom stereocenters. The number of ether oxygens (including phenoxy) is 1. The predicted molar refractivity (Wildman–Crippen MR) is 171 cm³/mol. The Morgan fingerprint density at radius 3 is 2.46 bits per heavy atom. The van der Waals surface area contributed by atoms with E-state index in [1.165, 1.54) is 33.5 Å². The molecule has 1 atom stereocenters. The maximum atomic E-state index is 12.8. The Labute approximate surface area is 248 Å². The number of carbonyl (C=O) groups is 1. The number of aliphatic imine (C=N–C) groups is 1. The number of hydrogen-bond acceptors (Lipinski definition) is 4. The van der Waals surface area contributed by atoms with Crippen LogP contribution in [0.5, 0.6) is 0 Å². The molecular weight excluding hydrogens is 508 g/mol. The second kappa shape index (κ2) is 14.7. The molecule has 1 aromatic carbocycles. The SMILES string of the molecule is CC.CC=NC1=C(CC)C=C(CCCn2cnc(C)c2)c2cc(C)ccc2C1C1CCN(C(=O)OC(C)(C)C)CC1. The van der Waals surface area contributed by atoms with Gasteiger partial charge in [-0.05, 0) is 102 Å². The highest BCUT2D eigenvalue weighted by molar-refractivity contribution is 5.75. The third-order valence-corrected chi connectivity index (χ3v) is 7.80. The highest BCUT2D eigenvalue weighted by Crippen LogP contribution is 2.46. The summed E-state index contributed by atoms with van der Waals surface area (Å²) in [5.74, 6) is 0.615. The molecule has 1 fully saturated rings. The number of carbonyl (C=O) groups excluding carboxylic acids is 1. The number of imidazole rings is 1. The summed E-state index contributed by atoms with van der Waals surface area (Å²) in [6, 6.07) is 6.96. The van der Waals surface area contributed by atoms with Gasteiger partial charge >= 0.3 is 6.09 Å². The van der Waals surface area contributed by atoms with E-state index in [2.05, 4.69) is 53.9 Å². The summed E-state index contributed by atoms with van der Waals surface area (Å²) in [7, 11) is 0. The van der Waals surface area contributed by atoms with Gasteiger partial charge in [0.25, 0.3) is 0 Å². The topological polar surface area (TPSA) is 59.7 Å². The van der Waals surface area contributed by atoms with Crippen molar-refractivity contribution in [3.05, 3.63) is 70.5 Å². The molecule has 4 rings (SSSR count). The summed E-state index contributed by atoms with van der Waals surface area (Å²) >= 11 is 0. The zero-order valence-corrected chi connectivity index (χ0v) is 27.0. The Balaban J connectivity index is 0.00000226. The van der Waals surface area contributed by atoms with Crippen LogP contribution < -0.4 is 0 Å². The van der Waals surface area contributed by atoms with Crippen LogP contribution in [0.1, 0.15) is 109 Å². The van der Waals surface area contributed by atoms with E-state index in [9.17, 15) is 4.79 Å². The van der Waals surface area contributed by atoms with Gasteiger partial charge < -0.3 is 14.2 Å². The highest BCUT2D eigenvalue weighted by Gasteiger charge is 2.36. The van der Waals surface area contributed by atoms with Gasteiger partial charge in [0.2, 0.25) is 0 Å². The van der Waals surface area contributed by atoms with Crippen molar-refractivity contribution in [3.63, 3.8) is 0 Å². The Morgan fingerprint density at radius 2 is 1.88 bits per heavy atom. The largest absolute Gasteiger partial charge is 0.444 e. The van der Waals surface area contributed by atoms with Crippen LogP contribution in [0.25, 0.3) is 5.57 Å². The molecule has 2 aliphatic rings. The van der Waals surface area contributed by atoms with E-state index in [0.29, 0.717) is 19.0 Å². The molecule has 0 radical (unpaired) electrons. The van der Waals surface area contributed by atoms with Crippen LogP contribution >= 0.6 is 0 Å². The molecule has 6 nitrogen and oxygen atoms in total. The molecule has 2 aromatic rings. The lowest BCUT2D eigenvalue weighted by Crippen LogP contribution is -2.42. The first-order valence-corrected chi connectivity index (χ1v) is 15.6. The van der Waals surface area contributed by atoms with Crippen LogP contribution in [0.2, 0.25) is 0 Å². The summed E-state index contributed by atoms with van der Waals surface area (Å²) in [4.78, 5) is 24.1. The van der Waals surface area contributed by atoms with Gasteiger partial charge in [0.1, 0.15) is 5.60 Å². The molecule has 0 saturated carbocycles. The molecule has 1 aromatic heterocycles. The standard InChI is InChI=1S/C33H46N4O2.C2H6/c1-8-25-20-27(11-10-16-36-21-24(4)35-22-36)29-19-23(3)12-13-28(29)30(31(25)34-9-2)26-14-17-37(18-15-26)32(38)39-33(5,6)7;1-2/h9,12-13,19-22,26,30H,8,10-11,14-18H2,1-7H3;1-2H3. The van der Waals surface area contributed by atoms with Crippen LogP contribution in [0.4, 0.5) is 4.79 Å². The van der Waals surface area contributed by atoms with Crippen LogP contribution in [0, 0.1) is 19.8 Å². The van der Waals surface area contributed by atoms with Crippen molar-refractivity contribution in [3.8, 4) is 0 Å². The molecule has 0 spiro atoms. The Kier molecular flexibility index (Phi) is 11.6. The number of likely N-dealkylation sites (tertiary alicyclic amines) is 1. The maximum Gasteiger partial charge on any atom is 0.410 e. The Morgan fingerprint density at radius 1 is 1.17 bits per heavy atom. The molecule has 1 aliphatic heterocycles.